The van der Waals surface area contributed by atoms with Crippen molar-refractivity contribution in [2.24, 2.45) is 0 Å². The predicted molar refractivity (Wildman–Crippen MR) is 87.2 cm³/mol. The average Bonchev–Trinajstić information content (AvgIpc) is 2.86. The second-order valence-electron chi connectivity index (χ2n) is 5.12. The molecule has 6 heteroatoms. The number of nitrogens with zero attached hydrogens (tertiary/aromatic N) is 2. The number of hydrogen-bond acceptors (Lipinski definition) is 3. The van der Waals surface area contributed by atoms with E-state index in [-0.39, 0.29) is 5.56 Å². The van der Waals surface area contributed by atoms with Crippen LogP contribution in [0.4, 0.5) is 0 Å². The third kappa shape index (κ3) is 1.81. The van der Waals surface area contributed by atoms with E-state index in [0.29, 0.717) is 22.6 Å². The molecule has 0 bridgehead atoms. The molecule has 2 aromatic rings. The Labute approximate surface area is 130 Å². The third-order valence-corrected chi connectivity index (χ3v) is 3.88. The zero-order chi connectivity index (χ0) is 16.0. The minimum absolute atomic E-state index is 0.291. The molecule has 2 aliphatic heterocycles. The van der Waals surface area contributed by atoms with Crippen LogP contribution in [0, 0.1) is 0 Å². The first-order chi connectivity index (χ1) is 11.2. The number of rotatable bonds is 2. The highest BCUT2D eigenvalue weighted by Gasteiger charge is 2.22. The van der Waals surface area contributed by atoms with Crippen LogP contribution >= 0.6 is 0 Å². The second kappa shape index (κ2) is 4.88. The summed E-state index contributed by atoms with van der Waals surface area (Å²) in [6, 6.07) is 14.3. The summed E-state index contributed by atoms with van der Waals surface area (Å²) in [5.41, 5.74) is 1.35. The largest absolute Gasteiger partial charge is 0.495 e. The summed E-state index contributed by atoms with van der Waals surface area (Å²) >= 11 is 0. The monoisotopic (exact) mass is 307 g/mol. The lowest BCUT2D eigenvalue weighted by molar-refractivity contribution is 0.412. The minimum atomic E-state index is -0.417. The van der Waals surface area contributed by atoms with Crippen molar-refractivity contribution in [3.05, 3.63) is 75.6 Å². The Balaban J connectivity index is 2.18. The molecule has 6 nitrogen and oxygen atoms in total. The van der Waals surface area contributed by atoms with Gasteiger partial charge in [0.2, 0.25) is 0 Å². The molecular weight excluding hydrogens is 294 g/mol. The molecule has 2 aliphatic rings. The van der Waals surface area contributed by atoms with Gasteiger partial charge in [-0.1, -0.05) is 24.3 Å². The maximum absolute atomic E-state index is 12.9. The van der Waals surface area contributed by atoms with Gasteiger partial charge in [0.1, 0.15) is 11.4 Å². The van der Waals surface area contributed by atoms with Crippen molar-refractivity contribution < 1.29 is 4.74 Å². The van der Waals surface area contributed by atoms with Crippen molar-refractivity contribution in [2.75, 3.05) is 7.11 Å². The molecule has 0 spiro atoms. The fourth-order valence-electron chi connectivity index (χ4n) is 2.82. The van der Waals surface area contributed by atoms with E-state index in [1.54, 1.807) is 36.5 Å². The van der Waals surface area contributed by atoms with E-state index >= 15 is 0 Å². The van der Waals surface area contributed by atoms with Gasteiger partial charge in [0.25, 0.3) is 5.56 Å². The van der Waals surface area contributed by atoms with E-state index in [1.165, 1.54) is 11.7 Å². The number of benzene rings is 2. The smallest absolute Gasteiger partial charge is 0.341 e. The molecule has 0 atom stereocenters. The summed E-state index contributed by atoms with van der Waals surface area (Å²) in [4.78, 5) is 28.7. The molecule has 0 saturated heterocycles. The molecule has 0 amide bonds. The summed E-state index contributed by atoms with van der Waals surface area (Å²) < 4.78 is 7.83. The van der Waals surface area contributed by atoms with Crippen LogP contribution in [-0.4, -0.2) is 21.2 Å². The molecule has 114 valence electrons. The van der Waals surface area contributed by atoms with Gasteiger partial charge in [0, 0.05) is 6.20 Å². The fraction of sp³-hybridized carbons (Fsp3) is 0.0588. The van der Waals surface area contributed by atoms with Gasteiger partial charge in [0.05, 0.1) is 23.8 Å². The lowest BCUT2D eigenvalue weighted by Crippen LogP contribution is -2.25. The van der Waals surface area contributed by atoms with Gasteiger partial charge in [-0.25, -0.2) is 9.36 Å². The molecule has 0 fully saturated rings. The van der Waals surface area contributed by atoms with Crippen molar-refractivity contribution in [3.63, 3.8) is 0 Å². The Morgan fingerprint density at radius 1 is 0.913 bits per heavy atom. The van der Waals surface area contributed by atoms with Crippen LogP contribution in [0.15, 0.2) is 64.3 Å². The predicted octanol–water partition coefficient (Wildman–Crippen LogP) is 1.92. The molecule has 0 aliphatic carbocycles. The van der Waals surface area contributed by atoms with Crippen molar-refractivity contribution in [3.8, 4) is 17.1 Å². The zero-order valence-electron chi connectivity index (χ0n) is 12.3. The molecule has 0 saturated carbocycles. The highest BCUT2D eigenvalue weighted by molar-refractivity contribution is 5.77. The Hall–Kier alpha value is -3.28. The van der Waals surface area contributed by atoms with Gasteiger partial charge in [-0.15, -0.1) is 0 Å². The van der Waals surface area contributed by atoms with Crippen LogP contribution in [0.25, 0.3) is 22.4 Å². The van der Waals surface area contributed by atoms with Gasteiger partial charge in [-0.3, -0.25) is 9.36 Å². The molecule has 23 heavy (non-hydrogen) atoms. The summed E-state index contributed by atoms with van der Waals surface area (Å²) in [7, 11) is 1.51. The standard InChI is InChI=1S/C17H13N3O3/c1-23-15-9-5-4-8-13(15)20-16(21)14-10-18-11-6-2-3-7-12(11)19(14)17(20)22/h2-10,18H,1H3. The van der Waals surface area contributed by atoms with Crippen molar-refractivity contribution in [2.45, 2.75) is 0 Å². The number of methoxy groups -OCH3 is 1. The van der Waals surface area contributed by atoms with Gasteiger partial charge in [0.15, 0.2) is 0 Å². The zero-order valence-corrected chi connectivity index (χ0v) is 12.3. The number of nitrogens with one attached hydrogen (secondary N) is 1. The summed E-state index contributed by atoms with van der Waals surface area (Å²) in [5.74, 6) is 0.468. The number of hydrogen-bond donors (Lipinski definition) is 1. The van der Waals surface area contributed by atoms with E-state index in [2.05, 4.69) is 4.98 Å². The molecule has 0 unspecified atom stereocenters. The molecule has 2 heterocycles. The quantitative estimate of drug-likeness (QED) is 0.615. The number of aromatic nitrogens is 3. The lowest BCUT2D eigenvalue weighted by atomic mass is 10.3. The Kier molecular flexibility index (Phi) is 2.84. The van der Waals surface area contributed by atoms with E-state index < -0.39 is 5.69 Å². The molecule has 1 N–H and O–H groups in total. The van der Waals surface area contributed by atoms with Gasteiger partial charge < -0.3 is 9.72 Å². The number of imidazole rings is 1. The van der Waals surface area contributed by atoms with Crippen LogP contribution in [-0.2, 0) is 0 Å². The van der Waals surface area contributed by atoms with Gasteiger partial charge >= 0.3 is 5.69 Å². The van der Waals surface area contributed by atoms with Gasteiger partial charge in [-0.2, -0.15) is 0 Å². The molecule has 0 aromatic heterocycles. The van der Waals surface area contributed by atoms with E-state index in [4.69, 9.17) is 4.74 Å². The van der Waals surface area contributed by atoms with Crippen LogP contribution < -0.4 is 16.0 Å². The second-order valence-corrected chi connectivity index (χ2v) is 5.12. The van der Waals surface area contributed by atoms with Crippen molar-refractivity contribution in [1.29, 1.82) is 0 Å². The first-order valence-corrected chi connectivity index (χ1v) is 7.09. The van der Waals surface area contributed by atoms with E-state index in [0.717, 1.165) is 10.1 Å². The first kappa shape index (κ1) is 13.4. The average molecular weight is 307 g/mol. The van der Waals surface area contributed by atoms with Crippen LogP contribution in [0.5, 0.6) is 5.75 Å². The summed E-state index contributed by atoms with van der Waals surface area (Å²) in [5, 5.41) is 0. The van der Waals surface area contributed by atoms with E-state index in [1.807, 2.05) is 18.2 Å². The van der Waals surface area contributed by atoms with Crippen LogP contribution in [0.3, 0.4) is 0 Å². The lowest BCUT2D eigenvalue weighted by Gasteiger charge is -2.06. The number of ether oxygens (including phenoxy) is 1. The minimum Gasteiger partial charge on any atom is -0.495 e. The summed E-state index contributed by atoms with van der Waals surface area (Å²) in [6.07, 6.45) is 1.55. The molecule has 0 radical (unpaired) electrons. The third-order valence-electron chi connectivity index (χ3n) is 3.88. The number of H-pyrrole nitrogens is 1. The fourth-order valence-corrected chi connectivity index (χ4v) is 2.82. The van der Waals surface area contributed by atoms with Crippen LogP contribution in [0.1, 0.15) is 0 Å². The first-order valence-electron chi connectivity index (χ1n) is 7.09. The van der Waals surface area contributed by atoms with Crippen molar-refractivity contribution in [1.82, 2.24) is 14.1 Å². The van der Waals surface area contributed by atoms with Crippen molar-refractivity contribution >= 4 is 11.0 Å². The Morgan fingerprint density at radius 2 is 1.65 bits per heavy atom. The maximum atomic E-state index is 12.9. The molecule has 2 aromatic carbocycles. The summed E-state index contributed by atoms with van der Waals surface area (Å²) in [6.45, 7) is 0. The Morgan fingerprint density at radius 3 is 2.48 bits per heavy atom. The Bertz CT molecular complexity index is 1100. The van der Waals surface area contributed by atoms with E-state index in [9.17, 15) is 9.59 Å². The number of para-hydroxylation sites is 4. The molecular formula is C17H13N3O3. The van der Waals surface area contributed by atoms with Crippen LogP contribution in [0.2, 0.25) is 0 Å². The number of aromatic amines is 1. The number of fused-ring (bicyclic) bond motifs is 3. The van der Waals surface area contributed by atoms with Gasteiger partial charge in [-0.05, 0) is 24.3 Å². The maximum Gasteiger partial charge on any atom is 0.341 e. The topological polar surface area (TPSA) is 69.0 Å². The SMILES string of the molecule is COc1ccccc1-n1c(=O)c2c[nH]c3ccccc3n-2c1=O. The highest BCUT2D eigenvalue weighted by Crippen LogP contribution is 2.21. The molecule has 4 rings (SSSR count). The highest BCUT2D eigenvalue weighted by atomic mass is 16.5. The normalized spacial score (nSPS) is 11.2.